The minimum absolute atomic E-state index is 0.198. The molecule has 0 aliphatic carbocycles. The van der Waals surface area contributed by atoms with Crippen molar-refractivity contribution in [3.05, 3.63) is 35.4 Å². The molecule has 1 unspecified atom stereocenters. The zero-order chi connectivity index (χ0) is 15.3. The molecule has 1 aromatic rings. The van der Waals surface area contributed by atoms with Crippen molar-refractivity contribution in [2.75, 3.05) is 33.7 Å². The standard InChI is InChI=1S/C15H22F2N2O/c1-5-19(11(2)9-18(3)4)10-15(20)12-6-7-13(16)14(17)8-12/h6-8,11H,5,9-10H2,1-4H3. The van der Waals surface area contributed by atoms with E-state index < -0.39 is 11.6 Å². The van der Waals surface area contributed by atoms with Crippen LogP contribution in [0.15, 0.2) is 18.2 Å². The van der Waals surface area contributed by atoms with Crippen LogP contribution in [0.3, 0.4) is 0 Å². The Kier molecular flexibility index (Phi) is 6.23. The Morgan fingerprint density at radius 1 is 1.25 bits per heavy atom. The van der Waals surface area contributed by atoms with Crippen molar-refractivity contribution in [3.63, 3.8) is 0 Å². The summed E-state index contributed by atoms with van der Waals surface area (Å²) < 4.78 is 26.0. The van der Waals surface area contributed by atoms with Gasteiger partial charge in [0.1, 0.15) is 0 Å². The van der Waals surface area contributed by atoms with E-state index in [1.807, 2.05) is 32.8 Å². The van der Waals surface area contributed by atoms with Gasteiger partial charge in [-0.15, -0.1) is 0 Å². The van der Waals surface area contributed by atoms with Gasteiger partial charge in [0.15, 0.2) is 17.4 Å². The molecule has 1 rings (SSSR count). The van der Waals surface area contributed by atoms with E-state index in [4.69, 9.17) is 0 Å². The quantitative estimate of drug-likeness (QED) is 0.718. The van der Waals surface area contributed by atoms with E-state index in [1.54, 1.807) is 0 Å². The van der Waals surface area contributed by atoms with Crippen molar-refractivity contribution in [3.8, 4) is 0 Å². The lowest BCUT2D eigenvalue weighted by atomic mass is 10.1. The van der Waals surface area contributed by atoms with Crippen LogP contribution >= 0.6 is 0 Å². The van der Waals surface area contributed by atoms with Crippen LogP contribution in [0, 0.1) is 11.6 Å². The zero-order valence-corrected chi connectivity index (χ0v) is 12.5. The van der Waals surface area contributed by atoms with Crippen molar-refractivity contribution in [1.82, 2.24) is 9.80 Å². The maximum atomic E-state index is 13.1. The van der Waals surface area contributed by atoms with E-state index in [9.17, 15) is 13.6 Å². The highest BCUT2D eigenvalue weighted by Crippen LogP contribution is 2.11. The highest BCUT2D eigenvalue weighted by atomic mass is 19.2. The molecular weight excluding hydrogens is 262 g/mol. The predicted molar refractivity (Wildman–Crippen MR) is 76.0 cm³/mol. The van der Waals surface area contributed by atoms with E-state index >= 15 is 0 Å². The van der Waals surface area contributed by atoms with Gasteiger partial charge in [0.2, 0.25) is 0 Å². The van der Waals surface area contributed by atoms with Gasteiger partial charge < -0.3 is 4.90 Å². The molecule has 1 atom stereocenters. The summed E-state index contributed by atoms with van der Waals surface area (Å²) in [6, 6.07) is 3.49. The molecule has 0 heterocycles. The van der Waals surface area contributed by atoms with E-state index in [1.165, 1.54) is 6.07 Å². The van der Waals surface area contributed by atoms with Crippen LogP contribution in [-0.2, 0) is 0 Å². The highest BCUT2D eigenvalue weighted by molar-refractivity contribution is 5.97. The number of ketones is 1. The minimum atomic E-state index is -0.986. The predicted octanol–water partition coefficient (Wildman–Crippen LogP) is 2.42. The molecule has 0 aromatic heterocycles. The van der Waals surface area contributed by atoms with Gasteiger partial charge in [-0.2, -0.15) is 0 Å². The Labute approximate surface area is 119 Å². The second-order valence-corrected chi connectivity index (χ2v) is 5.23. The summed E-state index contributed by atoms with van der Waals surface area (Å²) >= 11 is 0. The lowest BCUT2D eigenvalue weighted by Gasteiger charge is -2.29. The van der Waals surface area contributed by atoms with Gasteiger partial charge in [0.25, 0.3) is 0 Å². The second kappa shape index (κ2) is 7.45. The van der Waals surface area contributed by atoms with Crippen LogP contribution in [-0.4, -0.2) is 55.4 Å². The molecule has 1 aromatic carbocycles. The summed E-state index contributed by atoms with van der Waals surface area (Å²) in [6.45, 7) is 5.78. The Morgan fingerprint density at radius 3 is 2.40 bits per heavy atom. The number of rotatable bonds is 7. The van der Waals surface area contributed by atoms with Crippen molar-refractivity contribution in [2.24, 2.45) is 0 Å². The van der Waals surface area contributed by atoms with Crippen LogP contribution in [0.4, 0.5) is 8.78 Å². The van der Waals surface area contributed by atoms with Gasteiger partial charge in [-0.05, 0) is 45.8 Å². The Balaban J connectivity index is 2.74. The van der Waals surface area contributed by atoms with E-state index in [0.29, 0.717) is 0 Å². The number of hydrogen-bond acceptors (Lipinski definition) is 3. The fourth-order valence-electron chi connectivity index (χ4n) is 2.17. The first-order valence-electron chi connectivity index (χ1n) is 6.72. The number of nitrogens with zero attached hydrogens (tertiary/aromatic N) is 2. The molecule has 0 radical (unpaired) electrons. The van der Waals surface area contributed by atoms with Gasteiger partial charge in [-0.3, -0.25) is 9.69 Å². The summed E-state index contributed by atoms with van der Waals surface area (Å²) in [7, 11) is 3.95. The number of Topliss-reactive ketones (excluding diaryl/α,β-unsaturated/α-hetero) is 1. The van der Waals surface area contributed by atoms with E-state index in [2.05, 4.69) is 4.90 Å². The first-order chi connectivity index (χ1) is 9.35. The number of carbonyl (C=O) groups excluding carboxylic acids is 1. The minimum Gasteiger partial charge on any atom is -0.308 e. The third-order valence-corrected chi connectivity index (χ3v) is 3.25. The fourth-order valence-corrected chi connectivity index (χ4v) is 2.17. The number of benzene rings is 1. The summed E-state index contributed by atoms with van der Waals surface area (Å²) in [5.74, 6) is -2.12. The third-order valence-electron chi connectivity index (χ3n) is 3.25. The zero-order valence-electron chi connectivity index (χ0n) is 12.5. The van der Waals surface area contributed by atoms with Crippen LogP contribution < -0.4 is 0 Å². The third kappa shape index (κ3) is 4.65. The molecule has 0 saturated carbocycles. The molecule has 112 valence electrons. The SMILES string of the molecule is CCN(CC(=O)c1ccc(F)c(F)c1)C(C)CN(C)C. The van der Waals surface area contributed by atoms with Crippen LogP contribution in [0.2, 0.25) is 0 Å². The molecule has 0 saturated heterocycles. The number of hydrogen-bond donors (Lipinski definition) is 0. The van der Waals surface area contributed by atoms with Gasteiger partial charge in [-0.1, -0.05) is 6.92 Å². The van der Waals surface area contributed by atoms with Crippen molar-refractivity contribution in [2.45, 2.75) is 19.9 Å². The van der Waals surface area contributed by atoms with Crippen LogP contribution in [0.5, 0.6) is 0 Å². The Morgan fingerprint density at radius 2 is 1.90 bits per heavy atom. The highest BCUT2D eigenvalue weighted by Gasteiger charge is 2.18. The topological polar surface area (TPSA) is 23.6 Å². The average molecular weight is 284 g/mol. The van der Waals surface area contributed by atoms with Crippen molar-refractivity contribution < 1.29 is 13.6 Å². The number of carbonyl (C=O) groups is 1. The summed E-state index contributed by atoms with van der Waals surface area (Å²) in [5.41, 5.74) is 0.208. The summed E-state index contributed by atoms with van der Waals surface area (Å²) in [4.78, 5) is 16.2. The van der Waals surface area contributed by atoms with Crippen LogP contribution in [0.1, 0.15) is 24.2 Å². The monoisotopic (exact) mass is 284 g/mol. The molecule has 3 nitrogen and oxygen atoms in total. The molecule has 0 spiro atoms. The summed E-state index contributed by atoms with van der Waals surface area (Å²) in [5, 5.41) is 0. The molecule has 20 heavy (non-hydrogen) atoms. The van der Waals surface area contributed by atoms with Crippen molar-refractivity contribution in [1.29, 1.82) is 0 Å². The molecule has 0 N–H and O–H groups in total. The second-order valence-electron chi connectivity index (χ2n) is 5.23. The van der Waals surface area contributed by atoms with Crippen molar-refractivity contribution >= 4 is 5.78 Å². The largest absolute Gasteiger partial charge is 0.308 e. The van der Waals surface area contributed by atoms with E-state index in [-0.39, 0.29) is 23.9 Å². The van der Waals surface area contributed by atoms with Gasteiger partial charge >= 0.3 is 0 Å². The summed E-state index contributed by atoms with van der Waals surface area (Å²) in [6.07, 6.45) is 0. The normalized spacial score (nSPS) is 13.0. The van der Waals surface area contributed by atoms with Gasteiger partial charge in [0, 0.05) is 18.2 Å². The van der Waals surface area contributed by atoms with E-state index in [0.717, 1.165) is 25.2 Å². The molecule has 0 amide bonds. The lowest BCUT2D eigenvalue weighted by Crippen LogP contribution is -2.42. The lowest BCUT2D eigenvalue weighted by molar-refractivity contribution is 0.0888. The molecule has 5 heteroatoms. The molecule has 0 aliphatic heterocycles. The number of halogens is 2. The molecule has 0 bridgehead atoms. The Hall–Kier alpha value is -1.33. The first kappa shape index (κ1) is 16.7. The number of likely N-dealkylation sites (N-methyl/N-ethyl adjacent to an activating group) is 2. The maximum Gasteiger partial charge on any atom is 0.176 e. The first-order valence-corrected chi connectivity index (χ1v) is 6.72. The molecule has 0 fully saturated rings. The average Bonchev–Trinajstić information content (AvgIpc) is 2.37. The van der Waals surface area contributed by atoms with Gasteiger partial charge in [-0.25, -0.2) is 8.78 Å². The Bertz CT molecular complexity index is 463. The molecule has 0 aliphatic rings. The molecular formula is C15H22F2N2O. The maximum absolute atomic E-state index is 13.1. The smallest absolute Gasteiger partial charge is 0.176 e. The fraction of sp³-hybridized carbons (Fsp3) is 0.533. The van der Waals surface area contributed by atoms with Crippen LogP contribution in [0.25, 0.3) is 0 Å². The van der Waals surface area contributed by atoms with Gasteiger partial charge in [0.05, 0.1) is 6.54 Å².